The van der Waals surface area contributed by atoms with Crippen molar-refractivity contribution >= 4 is 5.91 Å². The van der Waals surface area contributed by atoms with Crippen LogP contribution in [0.5, 0.6) is 0 Å². The van der Waals surface area contributed by atoms with E-state index in [2.05, 4.69) is 104 Å². The number of aliphatic hydroxyl groups is 2. The SMILES string of the molecule is CC/C=C\C/C=C\C/C=C\C/C=C\C/C=C\C/C=C\C/C=C\CCCCCCCCCCCCCCCCCCCCCC(=O)NC(CO)C(O)CCCCCCCCCCCCCCCCCCCCCCCCCCCCCCC. The van der Waals surface area contributed by atoms with Crippen LogP contribution in [0.25, 0.3) is 0 Å². The lowest BCUT2D eigenvalue weighted by Crippen LogP contribution is -2.45. The molecule has 2 atom stereocenters. The van der Waals surface area contributed by atoms with E-state index in [4.69, 9.17) is 0 Å². The Hall–Kier alpha value is -2.43. The van der Waals surface area contributed by atoms with Gasteiger partial charge in [-0.05, 0) is 70.6 Å². The van der Waals surface area contributed by atoms with Gasteiger partial charge in [-0.1, -0.05) is 394 Å². The molecular weight excluding hydrogens is 999 g/mol. The molecule has 0 bridgehead atoms. The van der Waals surface area contributed by atoms with E-state index in [1.165, 1.54) is 289 Å². The molecule has 4 heteroatoms. The molecule has 0 rings (SSSR count). The van der Waals surface area contributed by atoms with E-state index in [0.717, 1.165) is 70.6 Å². The summed E-state index contributed by atoms with van der Waals surface area (Å²) in [6, 6.07) is -0.540. The maximum Gasteiger partial charge on any atom is 0.220 e. The first-order valence-electron chi connectivity index (χ1n) is 36.8. The molecule has 0 fully saturated rings. The highest BCUT2D eigenvalue weighted by atomic mass is 16.3. The lowest BCUT2D eigenvalue weighted by atomic mass is 10.0. The molecule has 0 saturated carbocycles. The van der Waals surface area contributed by atoms with Crippen LogP contribution in [0, 0.1) is 0 Å². The minimum absolute atomic E-state index is 0.0255. The average molecular weight is 1140 g/mol. The molecule has 0 spiro atoms. The van der Waals surface area contributed by atoms with Crippen molar-refractivity contribution in [1.82, 2.24) is 5.32 Å². The predicted molar refractivity (Wildman–Crippen MR) is 368 cm³/mol. The summed E-state index contributed by atoms with van der Waals surface area (Å²) in [5.41, 5.74) is 0. The Balaban J connectivity index is 3.42. The van der Waals surface area contributed by atoms with Crippen molar-refractivity contribution in [3.05, 3.63) is 85.1 Å². The standard InChI is InChI=1S/C78H143NO3/c1-3-5-7-9-11-13-15-17-19-21-23-25-27-29-31-33-34-35-36-37-38-39-40-41-42-43-44-46-48-50-52-54-56-58-60-62-64-66-68-70-72-74-78(82)79-76(75-80)77(81)73-71-69-67-65-63-61-59-57-55-53-51-49-47-45-32-30-28-26-24-22-20-18-16-14-12-10-8-6-4-2/h5,7,11,13,17,19,23,25,29,31,34-35,37-38,76-77,80-81H,3-4,6,8-10,12,14-16,18,20-22,24,26-28,30,32-33,36,39-75H2,1-2H3,(H,79,82)/b7-5-,13-11-,19-17-,25-23-,31-29-,35-34-,38-37-. The molecule has 0 aromatic heterocycles. The second kappa shape index (κ2) is 72.8. The number of allylic oxidation sites excluding steroid dienone is 14. The number of hydrogen-bond donors (Lipinski definition) is 3. The Labute approximate surface area is 513 Å². The molecule has 0 aliphatic rings. The zero-order valence-corrected chi connectivity index (χ0v) is 55.3. The second-order valence-corrected chi connectivity index (χ2v) is 25.0. The second-order valence-electron chi connectivity index (χ2n) is 25.0. The summed E-state index contributed by atoms with van der Waals surface area (Å²) in [4.78, 5) is 12.6. The summed E-state index contributed by atoms with van der Waals surface area (Å²) in [6.45, 7) is 4.28. The number of hydrogen-bond acceptors (Lipinski definition) is 3. The van der Waals surface area contributed by atoms with Crippen LogP contribution in [-0.2, 0) is 4.79 Å². The van der Waals surface area contributed by atoms with Gasteiger partial charge in [-0.25, -0.2) is 0 Å². The molecule has 0 aromatic rings. The van der Waals surface area contributed by atoms with E-state index in [9.17, 15) is 15.0 Å². The van der Waals surface area contributed by atoms with Gasteiger partial charge in [0.2, 0.25) is 5.91 Å². The number of amides is 1. The van der Waals surface area contributed by atoms with E-state index in [-0.39, 0.29) is 12.5 Å². The first-order valence-corrected chi connectivity index (χ1v) is 36.8. The van der Waals surface area contributed by atoms with Gasteiger partial charge in [0.05, 0.1) is 18.8 Å². The van der Waals surface area contributed by atoms with Gasteiger partial charge in [-0.15, -0.1) is 0 Å². The average Bonchev–Trinajstić information content (AvgIpc) is 3.50. The van der Waals surface area contributed by atoms with Gasteiger partial charge >= 0.3 is 0 Å². The minimum Gasteiger partial charge on any atom is -0.394 e. The van der Waals surface area contributed by atoms with Crippen LogP contribution in [0.15, 0.2) is 85.1 Å². The zero-order valence-electron chi connectivity index (χ0n) is 55.3. The Morgan fingerprint density at radius 1 is 0.305 bits per heavy atom. The Kier molecular flexibility index (Phi) is 70.7. The van der Waals surface area contributed by atoms with Crippen molar-refractivity contribution < 1.29 is 15.0 Å². The molecule has 3 N–H and O–H groups in total. The first-order chi connectivity index (χ1) is 40.7. The largest absolute Gasteiger partial charge is 0.394 e. The molecule has 1 amide bonds. The summed E-state index contributed by atoms with van der Waals surface area (Å²) in [7, 11) is 0. The summed E-state index contributed by atoms with van der Waals surface area (Å²) in [5, 5.41) is 23.5. The van der Waals surface area contributed by atoms with Gasteiger partial charge in [0.15, 0.2) is 0 Å². The third-order valence-electron chi connectivity index (χ3n) is 16.9. The topological polar surface area (TPSA) is 69.6 Å². The fourth-order valence-corrected chi connectivity index (χ4v) is 11.4. The van der Waals surface area contributed by atoms with E-state index in [1.807, 2.05) is 0 Å². The number of rotatable bonds is 68. The van der Waals surface area contributed by atoms with Gasteiger partial charge in [-0.3, -0.25) is 4.79 Å². The van der Waals surface area contributed by atoms with Crippen molar-refractivity contribution in [2.24, 2.45) is 0 Å². The molecule has 478 valence electrons. The first kappa shape index (κ1) is 79.6. The number of carbonyl (C=O) groups is 1. The summed E-state index contributed by atoms with van der Waals surface area (Å²) < 4.78 is 0. The third-order valence-corrected chi connectivity index (χ3v) is 16.9. The van der Waals surface area contributed by atoms with Crippen LogP contribution in [0.2, 0.25) is 0 Å². The molecule has 82 heavy (non-hydrogen) atoms. The Morgan fingerprint density at radius 2 is 0.537 bits per heavy atom. The van der Waals surface area contributed by atoms with Crippen LogP contribution in [-0.4, -0.2) is 34.9 Å². The van der Waals surface area contributed by atoms with Crippen LogP contribution in [0.3, 0.4) is 0 Å². The Bertz CT molecular complexity index is 1440. The van der Waals surface area contributed by atoms with Crippen LogP contribution < -0.4 is 5.32 Å². The van der Waals surface area contributed by atoms with E-state index < -0.39 is 12.1 Å². The maximum absolute atomic E-state index is 12.6. The minimum atomic E-state index is -0.663. The monoisotopic (exact) mass is 1140 g/mol. The fourth-order valence-electron chi connectivity index (χ4n) is 11.4. The van der Waals surface area contributed by atoms with Crippen LogP contribution in [0.1, 0.15) is 386 Å². The van der Waals surface area contributed by atoms with Crippen molar-refractivity contribution in [2.75, 3.05) is 6.61 Å². The molecule has 0 radical (unpaired) electrons. The Morgan fingerprint density at radius 3 is 0.805 bits per heavy atom. The highest BCUT2D eigenvalue weighted by molar-refractivity contribution is 5.76. The normalized spacial score (nSPS) is 13.2. The number of nitrogens with one attached hydrogen (secondary N) is 1. The molecule has 0 saturated heterocycles. The summed E-state index contributed by atoms with van der Waals surface area (Å²) >= 11 is 0. The molecule has 0 aliphatic carbocycles. The van der Waals surface area contributed by atoms with Gasteiger partial charge in [0.1, 0.15) is 0 Å². The van der Waals surface area contributed by atoms with Crippen molar-refractivity contribution in [3.63, 3.8) is 0 Å². The quantitative estimate of drug-likeness (QED) is 0.0420. The number of aliphatic hydroxyl groups excluding tert-OH is 2. The molecule has 0 heterocycles. The zero-order chi connectivity index (χ0) is 59.1. The molecule has 2 unspecified atom stereocenters. The molecule has 0 aromatic carbocycles. The molecule has 4 nitrogen and oxygen atoms in total. The summed E-state index contributed by atoms with van der Waals surface area (Å²) in [5.74, 6) is -0.0255. The van der Waals surface area contributed by atoms with Crippen molar-refractivity contribution in [1.29, 1.82) is 0 Å². The van der Waals surface area contributed by atoms with Gasteiger partial charge in [0, 0.05) is 6.42 Å². The van der Waals surface area contributed by atoms with Crippen molar-refractivity contribution in [3.8, 4) is 0 Å². The highest BCUT2D eigenvalue weighted by Crippen LogP contribution is 2.19. The fraction of sp³-hybridized carbons (Fsp3) is 0.808. The number of unbranched alkanes of at least 4 members (excludes halogenated alkanes) is 47. The number of carbonyl (C=O) groups excluding carboxylic acids is 1. The lowest BCUT2D eigenvalue weighted by molar-refractivity contribution is -0.123. The van der Waals surface area contributed by atoms with Gasteiger partial charge < -0.3 is 15.5 Å². The van der Waals surface area contributed by atoms with Crippen molar-refractivity contribution in [2.45, 2.75) is 398 Å². The van der Waals surface area contributed by atoms with Crippen LogP contribution in [0.4, 0.5) is 0 Å². The van der Waals surface area contributed by atoms with E-state index in [0.29, 0.717) is 12.8 Å². The summed E-state index contributed by atoms with van der Waals surface area (Å²) in [6.07, 6.45) is 107. The lowest BCUT2D eigenvalue weighted by Gasteiger charge is -2.22. The maximum atomic E-state index is 12.6. The van der Waals surface area contributed by atoms with Crippen LogP contribution >= 0.6 is 0 Å². The van der Waals surface area contributed by atoms with Gasteiger partial charge in [-0.2, -0.15) is 0 Å². The third kappa shape index (κ3) is 68.4. The smallest absolute Gasteiger partial charge is 0.220 e. The van der Waals surface area contributed by atoms with E-state index >= 15 is 0 Å². The molecule has 0 aliphatic heterocycles. The molecular formula is C78H143NO3. The predicted octanol–water partition coefficient (Wildman–Crippen LogP) is 25.4. The highest BCUT2D eigenvalue weighted by Gasteiger charge is 2.20. The van der Waals surface area contributed by atoms with E-state index in [1.54, 1.807) is 0 Å². The van der Waals surface area contributed by atoms with Gasteiger partial charge in [0.25, 0.3) is 0 Å².